The molecule has 21 heavy (non-hydrogen) atoms. The number of sulfonamides is 1. The van der Waals surface area contributed by atoms with Gasteiger partial charge in [0.15, 0.2) is 0 Å². The van der Waals surface area contributed by atoms with Crippen LogP contribution in [0.5, 0.6) is 0 Å². The number of nitrogens with zero attached hydrogens (tertiary/aromatic N) is 2. The first-order valence-electron chi connectivity index (χ1n) is 6.22. The molecule has 0 spiro atoms. The molecule has 1 amide bonds. The molecule has 1 saturated heterocycles. The minimum absolute atomic E-state index is 0.0843. The van der Waals surface area contributed by atoms with Gasteiger partial charge >= 0.3 is 5.97 Å². The van der Waals surface area contributed by atoms with Crippen molar-refractivity contribution in [3.05, 3.63) is 30.1 Å². The van der Waals surface area contributed by atoms with E-state index in [1.54, 1.807) is 12.1 Å². The van der Waals surface area contributed by atoms with E-state index in [0.29, 0.717) is 5.56 Å². The number of hydrogen-bond acceptors (Lipinski definition) is 5. The van der Waals surface area contributed by atoms with Gasteiger partial charge in [-0.25, -0.2) is 18.4 Å². The zero-order valence-corrected chi connectivity index (χ0v) is 11.9. The van der Waals surface area contributed by atoms with Crippen molar-refractivity contribution in [3.63, 3.8) is 0 Å². The topological polar surface area (TPSA) is 131 Å². The Balaban J connectivity index is 2.20. The Labute approximate surface area is 121 Å². The number of amides is 1. The number of pyridine rings is 1. The Morgan fingerprint density at radius 3 is 2.57 bits per heavy atom. The van der Waals surface area contributed by atoms with Crippen molar-refractivity contribution in [2.24, 2.45) is 5.14 Å². The van der Waals surface area contributed by atoms with Gasteiger partial charge in [-0.3, -0.25) is 9.78 Å². The van der Waals surface area contributed by atoms with Crippen LogP contribution in [0.4, 0.5) is 0 Å². The summed E-state index contributed by atoms with van der Waals surface area (Å²) < 4.78 is 22.6. The monoisotopic (exact) mass is 313 g/mol. The lowest BCUT2D eigenvalue weighted by Crippen LogP contribution is -2.44. The van der Waals surface area contributed by atoms with E-state index in [4.69, 9.17) is 5.14 Å². The zero-order chi connectivity index (χ0) is 15.6. The number of hydrogen-bond donors (Lipinski definition) is 2. The van der Waals surface area contributed by atoms with Gasteiger partial charge in [0.25, 0.3) is 0 Å². The summed E-state index contributed by atoms with van der Waals surface area (Å²) >= 11 is 0. The molecule has 1 aliphatic heterocycles. The molecule has 1 fully saturated rings. The van der Waals surface area contributed by atoms with Crippen molar-refractivity contribution >= 4 is 21.9 Å². The second-order valence-corrected chi connectivity index (χ2v) is 6.72. The van der Waals surface area contributed by atoms with Gasteiger partial charge in [0.05, 0.1) is 0 Å². The minimum Gasteiger partial charge on any atom is -0.480 e. The Morgan fingerprint density at radius 2 is 2.10 bits per heavy atom. The highest BCUT2D eigenvalue weighted by Crippen LogP contribution is 2.21. The zero-order valence-electron chi connectivity index (χ0n) is 11.0. The number of likely N-dealkylation sites (tertiary alicyclic amines) is 1. The summed E-state index contributed by atoms with van der Waals surface area (Å²) in [5.74, 6) is -1.70. The summed E-state index contributed by atoms with van der Waals surface area (Å²) in [6.07, 6.45) is 2.85. The average Bonchev–Trinajstić information content (AvgIpc) is 2.79. The lowest BCUT2D eigenvalue weighted by atomic mass is 10.1. The molecule has 2 unspecified atom stereocenters. The number of carbonyl (C=O) groups excluding carboxylic acids is 1. The second-order valence-electron chi connectivity index (χ2n) is 4.87. The van der Waals surface area contributed by atoms with E-state index in [9.17, 15) is 23.1 Å². The van der Waals surface area contributed by atoms with Gasteiger partial charge in [-0.15, -0.1) is 0 Å². The number of primary sulfonamides is 1. The van der Waals surface area contributed by atoms with Gasteiger partial charge < -0.3 is 10.0 Å². The number of nitrogens with two attached hydrogens (primary N) is 1. The standard InChI is InChI=1S/C12H15N3O5S/c13-21(19,20)9-6-11(16)15(7-9)10(12(17)18)5-8-1-3-14-4-2-8/h1-4,9-10H,5-7H2,(H,17,18)(H2,13,19,20). The molecule has 0 aliphatic carbocycles. The summed E-state index contributed by atoms with van der Waals surface area (Å²) in [7, 11) is -3.87. The van der Waals surface area contributed by atoms with Crippen LogP contribution in [0.25, 0.3) is 0 Å². The van der Waals surface area contributed by atoms with E-state index >= 15 is 0 Å². The van der Waals surface area contributed by atoms with Crippen LogP contribution in [0.2, 0.25) is 0 Å². The number of aliphatic carboxylic acids is 1. The molecular weight excluding hydrogens is 298 g/mol. The van der Waals surface area contributed by atoms with Gasteiger partial charge in [-0.1, -0.05) is 0 Å². The van der Waals surface area contributed by atoms with Crippen molar-refractivity contribution in [2.75, 3.05) is 6.54 Å². The predicted octanol–water partition coefficient (Wildman–Crippen LogP) is -1.03. The van der Waals surface area contributed by atoms with Gasteiger partial charge in [0.1, 0.15) is 11.3 Å². The third-order valence-electron chi connectivity index (χ3n) is 3.43. The first-order valence-corrected chi connectivity index (χ1v) is 7.83. The smallest absolute Gasteiger partial charge is 0.326 e. The molecule has 114 valence electrons. The predicted molar refractivity (Wildman–Crippen MR) is 72.6 cm³/mol. The van der Waals surface area contributed by atoms with Crippen LogP contribution in [0, 0.1) is 0 Å². The second kappa shape index (κ2) is 5.78. The third-order valence-corrected chi connectivity index (χ3v) is 4.67. The Hall–Kier alpha value is -2.00. The largest absolute Gasteiger partial charge is 0.480 e. The van der Waals surface area contributed by atoms with E-state index in [2.05, 4.69) is 4.98 Å². The lowest BCUT2D eigenvalue weighted by Gasteiger charge is -2.24. The van der Waals surface area contributed by atoms with E-state index < -0.39 is 33.2 Å². The maximum absolute atomic E-state index is 11.9. The van der Waals surface area contributed by atoms with Crippen molar-refractivity contribution in [3.8, 4) is 0 Å². The third kappa shape index (κ3) is 3.56. The number of carboxylic acids is 1. The van der Waals surface area contributed by atoms with E-state index in [0.717, 1.165) is 4.90 Å². The van der Waals surface area contributed by atoms with Crippen molar-refractivity contribution < 1.29 is 23.1 Å². The Bertz CT molecular complexity index is 646. The fraction of sp³-hybridized carbons (Fsp3) is 0.417. The highest BCUT2D eigenvalue weighted by atomic mass is 32.2. The molecule has 2 heterocycles. The fourth-order valence-electron chi connectivity index (χ4n) is 2.29. The fourth-order valence-corrected chi connectivity index (χ4v) is 3.04. The van der Waals surface area contributed by atoms with Gasteiger partial charge in [-0.2, -0.15) is 0 Å². The van der Waals surface area contributed by atoms with Crippen molar-refractivity contribution in [1.82, 2.24) is 9.88 Å². The average molecular weight is 313 g/mol. The summed E-state index contributed by atoms with van der Waals surface area (Å²) in [6.45, 7) is -0.195. The van der Waals surface area contributed by atoms with E-state index in [-0.39, 0.29) is 19.4 Å². The maximum Gasteiger partial charge on any atom is 0.326 e. The Morgan fingerprint density at radius 1 is 1.48 bits per heavy atom. The highest BCUT2D eigenvalue weighted by Gasteiger charge is 2.41. The van der Waals surface area contributed by atoms with Crippen LogP contribution in [0.1, 0.15) is 12.0 Å². The molecule has 0 radical (unpaired) electrons. The maximum atomic E-state index is 11.9. The highest BCUT2D eigenvalue weighted by molar-refractivity contribution is 7.89. The number of carboxylic acid groups (broad SMARTS) is 1. The quantitative estimate of drug-likeness (QED) is 0.714. The minimum atomic E-state index is -3.87. The molecule has 2 atom stereocenters. The number of aromatic nitrogens is 1. The molecule has 0 bridgehead atoms. The van der Waals surface area contributed by atoms with Crippen LogP contribution in [0.15, 0.2) is 24.5 Å². The molecule has 9 heteroatoms. The van der Waals surface area contributed by atoms with Crippen LogP contribution < -0.4 is 5.14 Å². The molecule has 1 aliphatic rings. The van der Waals surface area contributed by atoms with Crippen LogP contribution in [-0.4, -0.2) is 53.1 Å². The van der Waals surface area contributed by atoms with Gasteiger partial charge in [-0.05, 0) is 17.7 Å². The molecule has 2 rings (SSSR count). The summed E-state index contributed by atoms with van der Waals surface area (Å²) in [5, 5.41) is 13.3. The molecule has 1 aromatic rings. The molecular formula is C12H15N3O5S. The molecule has 0 aromatic carbocycles. The first-order chi connectivity index (χ1) is 9.79. The van der Waals surface area contributed by atoms with Crippen LogP contribution in [0.3, 0.4) is 0 Å². The van der Waals surface area contributed by atoms with E-state index in [1.807, 2.05) is 0 Å². The number of carbonyl (C=O) groups is 2. The van der Waals surface area contributed by atoms with Crippen molar-refractivity contribution in [2.45, 2.75) is 24.1 Å². The molecule has 1 aromatic heterocycles. The number of rotatable bonds is 5. The Kier molecular flexibility index (Phi) is 4.24. The van der Waals surface area contributed by atoms with Crippen LogP contribution in [-0.2, 0) is 26.0 Å². The van der Waals surface area contributed by atoms with Crippen LogP contribution >= 0.6 is 0 Å². The summed E-state index contributed by atoms with van der Waals surface area (Å²) in [5.41, 5.74) is 0.698. The summed E-state index contributed by atoms with van der Waals surface area (Å²) in [4.78, 5) is 28.2. The molecule has 8 nitrogen and oxygen atoms in total. The lowest BCUT2D eigenvalue weighted by molar-refractivity contribution is -0.148. The van der Waals surface area contributed by atoms with Crippen molar-refractivity contribution in [1.29, 1.82) is 0 Å². The first kappa shape index (κ1) is 15.4. The molecule has 3 N–H and O–H groups in total. The normalized spacial score (nSPS) is 20.5. The summed E-state index contributed by atoms with van der Waals surface area (Å²) in [6, 6.07) is 2.17. The van der Waals surface area contributed by atoms with Gasteiger partial charge in [0.2, 0.25) is 15.9 Å². The van der Waals surface area contributed by atoms with Gasteiger partial charge in [0, 0.05) is 31.8 Å². The molecule has 0 saturated carbocycles. The van der Waals surface area contributed by atoms with E-state index in [1.165, 1.54) is 12.4 Å². The SMILES string of the molecule is NS(=O)(=O)C1CC(=O)N(C(Cc2ccncc2)C(=O)O)C1.